The van der Waals surface area contributed by atoms with E-state index < -0.39 is 0 Å². The van der Waals surface area contributed by atoms with E-state index in [9.17, 15) is 0 Å². The normalized spacial score (nSPS) is 16.6. The SMILES string of the molecule is Nc1ccc(C2(c3nnc4cccnn34)CC2)cc1. The zero-order valence-electron chi connectivity index (χ0n) is 10.3. The van der Waals surface area contributed by atoms with Crippen molar-refractivity contribution < 1.29 is 0 Å². The van der Waals surface area contributed by atoms with Gasteiger partial charge in [0.05, 0.1) is 5.41 Å². The molecule has 1 aromatic carbocycles. The molecule has 0 atom stereocenters. The fourth-order valence-electron chi connectivity index (χ4n) is 2.61. The van der Waals surface area contributed by atoms with E-state index in [1.54, 1.807) is 6.20 Å². The van der Waals surface area contributed by atoms with Crippen LogP contribution in [0.2, 0.25) is 0 Å². The van der Waals surface area contributed by atoms with Crippen LogP contribution in [0.4, 0.5) is 5.69 Å². The largest absolute Gasteiger partial charge is 0.399 e. The number of aromatic nitrogens is 4. The van der Waals surface area contributed by atoms with Crippen LogP contribution in [0, 0.1) is 0 Å². The summed E-state index contributed by atoms with van der Waals surface area (Å²) in [6.45, 7) is 0. The van der Waals surface area contributed by atoms with Crippen molar-refractivity contribution in [2.75, 3.05) is 5.73 Å². The molecule has 4 rings (SSSR count). The number of benzene rings is 1. The fourth-order valence-corrected chi connectivity index (χ4v) is 2.61. The molecule has 0 amide bonds. The van der Waals surface area contributed by atoms with Gasteiger partial charge in [-0.15, -0.1) is 10.2 Å². The van der Waals surface area contributed by atoms with Gasteiger partial charge < -0.3 is 5.73 Å². The lowest BCUT2D eigenvalue weighted by molar-refractivity contribution is 0.704. The van der Waals surface area contributed by atoms with Crippen molar-refractivity contribution in [2.24, 2.45) is 0 Å². The summed E-state index contributed by atoms with van der Waals surface area (Å²) >= 11 is 0. The minimum Gasteiger partial charge on any atom is -0.399 e. The van der Waals surface area contributed by atoms with Gasteiger partial charge in [-0.25, -0.2) is 0 Å². The predicted octanol–water partition coefficient (Wildman–Crippen LogP) is 1.79. The van der Waals surface area contributed by atoms with Crippen molar-refractivity contribution in [3.05, 3.63) is 54.0 Å². The summed E-state index contributed by atoms with van der Waals surface area (Å²) in [5.41, 5.74) is 8.52. The third kappa shape index (κ3) is 1.44. The number of nitrogens with two attached hydrogens (primary N) is 1. The molecule has 0 bridgehead atoms. The molecular formula is C14H13N5. The van der Waals surface area contributed by atoms with E-state index in [2.05, 4.69) is 27.4 Å². The maximum absolute atomic E-state index is 5.75. The Bertz CT molecular complexity index is 740. The number of hydrogen-bond acceptors (Lipinski definition) is 4. The van der Waals surface area contributed by atoms with E-state index in [0.717, 1.165) is 30.0 Å². The summed E-state index contributed by atoms with van der Waals surface area (Å²) in [6.07, 6.45) is 3.92. The summed E-state index contributed by atoms with van der Waals surface area (Å²) in [4.78, 5) is 0. The minimum absolute atomic E-state index is 0.0402. The van der Waals surface area contributed by atoms with Crippen molar-refractivity contribution >= 4 is 11.3 Å². The highest BCUT2D eigenvalue weighted by molar-refractivity contribution is 5.48. The first-order chi connectivity index (χ1) is 9.29. The van der Waals surface area contributed by atoms with Gasteiger partial charge in [0.1, 0.15) is 0 Å². The van der Waals surface area contributed by atoms with Crippen LogP contribution in [0.5, 0.6) is 0 Å². The van der Waals surface area contributed by atoms with Crippen LogP contribution < -0.4 is 5.73 Å². The zero-order chi connectivity index (χ0) is 12.9. The summed E-state index contributed by atoms with van der Waals surface area (Å²) in [7, 11) is 0. The number of fused-ring (bicyclic) bond motifs is 1. The summed E-state index contributed by atoms with van der Waals surface area (Å²) in [5.74, 6) is 0.924. The molecule has 0 saturated heterocycles. The Labute approximate surface area is 110 Å². The van der Waals surface area contributed by atoms with Gasteiger partial charge in [0.15, 0.2) is 11.5 Å². The Morgan fingerprint density at radius 2 is 1.84 bits per heavy atom. The van der Waals surface area contributed by atoms with Crippen LogP contribution >= 0.6 is 0 Å². The minimum atomic E-state index is -0.0402. The number of nitrogens with zero attached hydrogens (tertiary/aromatic N) is 4. The quantitative estimate of drug-likeness (QED) is 0.705. The van der Waals surface area contributed by atoms with Crippen LogP contribution in [-0.4, -0.2) is 19.8 Å². The first-order valence-electron chi connectivity index (χ1n) is 6.33. The Kier molecular flexibility index (Phi) is 1.95. The van der Waals surface area contributed by atoms with E-state index in [0.29, 0.717) is 0 Å². The first kappa shape index (κ1) is 10.5. The summed E-state index contributed by atoms with van der Waals surface area (Å²) < 4.78 is 1.84. The Hall–Kier alpha value is -2.43. The highest BCUT2D eigenvalue weighted by Gasteiger charge is 2.50. The fraction of sp³-hybridized carbons (Fsp3) is 0.214. The van der Waals surface area contributed by atoms with Gasteiger partial charge in [-0.05, 0) is 42.7 Å². The molecule has 1 fully saturated rings. The van der Waals surface area contributed by atoms with Crippen molar-refractivity contribution in [2.45, 2.75) is 18.3 Å². The molecule has 0 radical (unpaired) electrons. The second kappa shape index (κ2) is 3.54. The Morgan fingerprint density at radius 1 is 1.05 bits per heavy atom. The standard InChI is InChI=1S/C14H13N5/c15-11-5-3-10(4-6-11)14(7-8-14)13-18-17-12-2-1-9-16-19(12)13/h1-6,9H,7-8,15H2. The maximum atomic E-state index is 5.75. The van der Waals surface area contributed by atoms with Crippen molar-refractivity contribution in [3.63, 3.8) is 0 Å². The lowest BCUT2D eigenvalue weighted by atomic mass is 9.95. The first-order valence-corrected chi connectivity index (χ1v) is 6.33. The Balaban J connectivity index is 1.89. The molecule has 2 heterocycles. The topological polar surface area (TPSA) is 69.1 Å². The molecule has 19 heavy (non-hydrogen) atoms. The van der Waals surface area contributed by atoms with E-state index in [1.807, 2.05) is 28.8 Å². The highest BCUT2D eigenvalue weighted by atomic mass is 15.4. The van der Waals surface area contributed by atoms with E-state index in [1.165, 1.54) is 5.56 Å². The van der Waals surface area contributed by atoms with Gasteiger partial charge in [-0.2, -0.15) is 9.61 Å². The Morgan fingerprint density at radius 3 is 2.58 bits per heavy atom. The molecule has 5 heteroatoms. The third-order valence-corrected chi connectivity index (χ3v) is 3.82. The molecule has 3 aromatic rings. The van der Waals surface area contributed by atoms with E-state index in [4.69, 9.17) is 5.73 Å². The molecule has 94 valence electrons. The van der Waals surface area contributed by atoms with Gasteiger partial charge >= 0.3 is 0 Å². The molecule has 1 aliphatic rings. The van der Waals surface area contributed by atoms with Gasteiger partial charge in [0.25, 0.3) is 0 Å². The maximum Gasteiger partial charge on any atom is 0.177 e. The van der Waals surface area contributed by atoms with Crippen LogP contribution in [0.25, 0.3) is 5.65 Å². The molecule has 0 aliphatic heterocycles. The zero-order valence-corrected chi connectivity index (χ0v) is 10.3. The average molecular weight is 251 g/mol. The van der Waals surface area contributed by atoms with E-state index in [-0.39, 0.29) is 5.41 Å². The lowest BCUT2D eigenvalue weighted by Crippen LogP contribution is -2.14. The summed E-state index contributed by atoms with van der Waals surface area (Å²) in [6, 6.07) is 11.8. The second-order valence-corrected chi connectivity index (χ2v) is 5.02. The molecule has 2 aromatic heterocycles. The van der Waals surface area contributed by atoms with Gasteiger partial charge in [-0.3, -0.25) is 0 Å². The molecule has 0 unspecified atom stereocenters. The average Bonchev–Trinajstić information content (AvgIpc) is 3.13. The van der Waals surface area contributed by atoms with Crippen LogP contribution in [0.15, 0.2) is 42.6 Å². The van der Waals surface area contributed by atoms with Gasteiger partial charge in [-0.1, -0.05) is 12.1 Å². The molecular weight excluding hydrogens is 238 g/mol. The smallest absolute Gasteiger partial charge is 0.177 e. The highest BCUT2D eigenvalue weighted by Crippen LogP contribution is 2.52. The predicted molar refractivity (Wildman–Crippen MR) is 71.7 cm³/mol. The number of anilines is 1. The van der Waals surface area contributed by atoms with Crippen LogP contribution in [0.1, 0.15) is 24.2 Å². The molecule has 5 nitrogen and oxygen atoms in total. The van der Waals surface area contributed by atoms with Gasteiger partial charge in [0, 0.05) is 11.9 Å². The third-order valence-electron chi connectivity index (χ3n) is 3.82. The van der Waals surface area contributed by atoms with Gasteiger partial charge in [0.2, 0.25) is 0 Å². The van der Waals surface area contributed by atoms with Crippen LogP contribution in [-0.2, 0) is 5.41 Å². The van der Waals surface area contributed by atoms with Crippen molar-refractivity contribution in [1.82, 2.24) is 19.8 Å². The van der Waals surface area contributed by atoms with Crippen molar-refractivity contribution in [1.29, 1.82) is 0 Å². The molecule has 0 spiro atoms. The number of hydrogen-bond donors (Lipinski definition) is 1. The molecule has 2 N–H and O–H groups in total. The summed E-state index contributed by atoms with van der Waals surface area (Å²) in [5, 5.41) is 12.9. The monoisotopic (exact) mass is 251 g/mol. The van der Waals surface area contributed by atoms with Crippen molar-refractivity contribution in [3.8, 4) is 0 Å². The second-order valence-electron chi connectivity index (χ2n) is 5.02. The van der Waals surface area contributed by atoms with E-state index >= 15 is 0 Å². The number of rotatable bonds is 2. The molecule has 1 aliphatic carbocycles. The lowest BCUT2D eigenvalue weighted by Gasteiger charge is -2.13. The van der Waals surface area contributed by atoms with Crippen LogP contribution in [0.3, 0.4) is 0 Å². The number of nitrogen functional groups attached to an aromatic ring is 1. The molecule has 1 saturated carbocycles.